The Kier molecular flexibility index (Phi) is 4.15. The minimum atomic E-state index is -0.361. The number of hydrogen-bond donors (Lipinski definition) is 1. The number of hydrogen-bond acceptors (Lipinski definition) is 5. The van der Waals surface area contributed by atoms with Gasteiger partial charge in [0.05, 0.1) is 18.1 Å². The number of nitrogens with zero attached hydrogens (tertiary/aromatic N) is 2. The molecule has 24 heavy (non-hydrogen) atoms. The van der Waals surface area contributed by atoms with Crippen LogP contribution in [0.15, 0.2) is 18.2 Å². The van der Waals surface area contributed by atoms with E-state index in [4.69, 9.17) is 16.3 Å². The van der Waals surface area contributed by atoms with E-state index in [1.165, 1.54) is 23.5 Å². The van der Waals surface area contributed by atoms with E-state index in [2.05, 4.69) is 15.2 Å². The van der Waals surface area contributed by atoms with Crippen molar-refractivity contribution in [3.05, 3.63) is 39.5 Å². The zero-order valence-corrected chi connectivity index (χ0v) is 14.3. The number of morpholine rings is 1. The predicted molar refractivity (Wildman–Crippen MR) is 91.6 cm³/mol. The fourth-order valence-corrected chi connectivity index (χ4v) is 4.40. The van der Waals surface area contributed by atoms with Crippen LogP contribution in [0, 0.1) is 5.82 Å². The average molecular weight is 368 g/mol. The van der Waals surface area contributed by atoms with Gasteiger partial charge in [-0.05, 0) is 23.8 Å². The van der Waals surface area contributed by atoms with Crippen LogP contribution >= 0.6 is 22.9 Å². The molecule has 2 aliphatic rings. The van der Waals surface area contributed by atoms with Gasteiger partial charge in [0.15, 0.2) is 5.13 Å². The summed E-state index contributed by atoms with van der Waals surface area (Å²) in [7, 11) is 0. The van der Waals surface area contributed by atoms with Crippen LogP contribution in [-0.2, 0) is 9.53 Å². The van der Waals surface area contributed by atoms with Crippen LogP contribution in [0.25, 0.3) is 0 Å². The van der Waals surface area contributed by atoms with E-state index >= 15 is 0 Å². The molecule has 1 amide bonds. The molecule has 1 fully saturated rings. The van der Waals surface area contributed by atoms with Crippen LogP contribution in [0.3, 0.4) is 0 Å². The minimum Gasteiger partial charge on any atom is -0.378 e. The van der Waals surface area contributed by atoms with Crippen molar-refractivity contribution in [1.82, 2.24) is 4.98 Å². The SMILES string of the molecule is O=C1C[C@H](c2cc(Cl)ccc2F)c2sc(N3CCOCC3)nc2N1. The normalized spacial score (nSPS) is 20.7. The first-order chi connectivity index (χ1) is 11.6. The zero-order chi connectivity index (χ0) is 16.7. The summed E-state index contributed by atoms with van der Waals surface area (Å²) in [5, 5.41) is 4.09. The third kappa shape index (κ3) is 2.87. The number of nitrogens with one attached hydrogen (secondary N) is 1. The summed E-state index contributed by atoms with van der Waals surface area (Å²) >= 11 is 7.52. The number of aromatic nitrogens is 1. The molecule has 3 heterocycles. The van der Waals surface area contributed by atoms with Gasteiger partial charge >= 0.3 is 0 Å². The van der Waals surface area contributed by atoms with Gasteiger partial charge < -0.3 is 15.0 Å². The molecular formula is C16H15ClFN3O2S. The molecule has 2 aliphatic heterocycles. The monoisotopic (exact) mass is 367 g/mol. The number of rotatable bonds is 2. The zero-order valence-electron chi connectivity index (χ0n) is 12.7. The second kappa shape index (κ2) is 6.31. The number of amides is 1. The van der Waals surface area contributed by atoms with Crippen LogP contribution in [0.2, 0.25) is 5.02 Å². The smallest absolute Gasteiger partial charge is 0.226 e. The molecule has 4 rings (SSSR count). The minimum absolute atomic E-state index is 0.161. The highest BCUT2D eigenvalue weighted by atomic mass is 35.5. The van der Waals surface area contributed by atoms with Crippen molar-refractivity contribution in [3.63, 3.8) is 0 Å². The molecule has 0 saturated carbocycles. The van der Waals surface area contributed by atoms with E-state index in [0.717, 1.165) is 23.1 Å². The average Bonchev–Trinajstić information content (AvgIpc) is 3.01. The molecule has 8 heteroatoms. The summed E-state index contributed by atoms with van der Waals surface area (Å²) < 4.78 is 19.7. The molecule has 0 radical (unpaired) electrons. The maximum absolute atomic E-state index is 14.3. The number of anilines is 2. The highest BCUT2D eigenvalue weighted by molar-refractivity contribution is 7.16. The number of ether oxygens (including phenoxy) is 1. The van der Waals surface area contributed by atoms with Crippen LogP contribution in [-0.4, -0.2) is 37.2 Å². The molecule has 2 aromatic rings. The van der Waals surface area contributed by atoms with Crippen LogP contribution < -0.4 is 10.2 Å². The fourth-order valence-electron chi connectivity index (χ4n) is 3.03. The number of fused-ring (bicyclic) bond motifs is 1. The first-order valence-electron chi connectivity index (χ1n) is 7.70. The van der Waals surface area contributed by atoms with Crippen molar-refractivity contribution in [2.45, 2.75) is 12.3 Å². The standard InChI is InChI=1S/C16H15ClFN3O2S/c17-9-1-2-12(18)10(7-9)11-8-13(22)19-15-14(11)24-16(20-15)21-3-5-23-6-4-21/h1-2,7,11H,3-6,8H2,(H,19,22)/t11-/m1/s1. The summed E-state index contributed by atoms with van der Waals surface area (Å²) in [4.78, 5) is 19.6. The van der Waals surface area contributed by atoms with Gasteiger partial charge in [-0.2, -0.15) is 0 Å². The maximum Gasteiger partial charge on any atom is 0.226 e. The van der Waals surface area contributed by atoms with Gasteiger partial charge in [-0.1, -0.05) is 22.9 Å². The molecule has 1 saturated heterocycles. The van der Waals surface area contributed by atoms with Crippen molar-refractivity contribution in [1.29, 1.82) is 0 Å². The number of carbonyl (C=O) groups excluding carboxylic acids is 1. The quantitative estimate of drug-likeness (QED) is 0.885. The Morgan fingerprint density at radius 2 is 2.17 bits per heavy atom. The molecule has 0 spiro atoms. The van der Waals surface area contributed by atoms with Gasteiger partial charge in [0.1, 0.15) is 11.6 Å². The molecule has 0 unspecified atom stereocenters. The van der Waals surface area contributed by atoms with Gasteiger partial charge in [0.25, 0.3) is 0 Å². The molecule has 1 N–H and O–H groups in total. The van der Waals surface area contributed by atoms with E-state index in [1.807, 2.05) is 0 Å². The summed E-state index contributed by atoms with van der Waals surface area (Å²) in [6.07, 6.45) is 0.189. The highest BCUT2D eigenvalue weighted by Crippen LogP contribution is 2.44. The third-order valence-electron chi connectivity index (χ3n) is 4.22. The maximum atomic E-state index is 14.3. The lowest BCUT2D eigenvalue weighted by Gasteiger charge is -2.26. The second-order valence-corrected chi connectivity index (χ2v) is 7.22. The topological polar surface area (TPSA) is 54.5 Å². The Hall–Kier alpha value is -1.70. The summed E-state index contributed by atoms with van der Waals surface area (Å²) in [6.45, 7) is 2.83. The van der Waals surface area contributed by atoms with E-state index in [0.29, 0.717) is 29.6 Å². The van der Waals surface area contributed by atoms with Crippen molar-refractivity contribution in [3.8, 4) is 0 Å². The number of thiazole rings is 1. The lowest BCUT2D eigenvalue weighted by Crippen LogP contribution is -2.36. The van der Waals surface area contributed by atoms with Crippen molar-refractivity contribution >= 4 is 39.8 Å². The molecule has 0 aliphatic carbocycles. The van der Waals surface area contributed by atoms with E-state index < -0.39 is 0 Å². The van der Waals surface area contributed by atoms with Gasteiger partial charge in [-0.15, -0.1) is 0 Å². The Morgan fingerprint density at radius 1 is 1.38 bits per heavy atom. The van der Waals surface area contributed by atoms with E-state index in [1.54, 1.807) is 6.07 Å². The van der Waals surface area contributed by atoms with Crippen LogP contribution in [0.4, 0.5) is 15.3 Å². The molecule has 1 aromatic heterocycles. The van der Waals surface area contributed by atoms with Gasteiger partial charge in [-0.3, -0.25) is 4.79 Å². The Labute approximate surface area is 147 Å². The summed E-state index contributed by atoms with van der Waals surface area (Å²) in [5.41, 5.74) is 0.441. The van der Waals surface area contributed by atoms with Crippen molar-refractivity contribution < 1.29 is 13.9 Å². The molecule has 126 valence electrons. The largest absolute Gasteiger partial charge is 0.378 e. The first-order valence-corrected chi connectivity index (χ1v) is 8.89. The predicted octanol–water partition coefficient (Wildman–Crippen LogP) is 3.25. The Morgan fingerprint density at radius 3 is 2.96 bits per heavy atom. The van der Waals surface area contributed by atoms with Crippen LogP contribution in [0.5, 0.6) is 0 Å². The number of carbonyl (C=O) groups is 1. The highest BCUT2D eigenvalue weighted by Gasteiger charge is 2.33. The van der Waals surface area contributed by atoms with Gasteiger partial charge in [0, 0.05) is 30.5 Å². The number of benzene rings is 1. The van der Waals surface area contributed by atoms with Crippen molar-refractivity contribution in [2.75, 3.05) is 36.5 Å². The molecule has 1 aromatic carbocycles. The summed E-state index contributed by atoms with van der Waals surface area (Å²) in [5.74, 6) is -0.348. The fraction of sp³-hybridized carbons (Fsp3) is 0.375. The summed E-state index contributed by atoms with van der Waals surface area (Å²) in [6, 6.07) is 4.45. The lowest BCUT2D eigenvalue weighted by atomic mass is 9.91. The number of halogens is 2. The first kappa shape index (κ1) is 15.8. The van der Waals surface area contributed by atoms with Gasteiger partial charge in [-0.25, -0.2) is 9.37 Å². The molecule has 5 nitrogen and oxygen atoms in total. The Balaban J connectivity index is 1.74. The molecule has 0 bridgehead atoms. The van der Waals surface area contributed by atoms with Crippen LogP contribution in [0.1, 0.15) is 22.8 Å². The van der Waals surface area contributed by atoms with E-state index in [-0.39, 0.29) is 24.1 Å². The molecular weight excluding hydrogens is 353 g/mol. The van der Waals surface area contributed by atoms with E-state index in [9.17, 15) is 9.18 Å². The molecule has 1 atom stereocenters. The lowest BCUT2D eigenvalue weighted by molar-refractivity contribution is -0.116. The third-order valence-corrected chi connectivity index (χ3v) is 5.69. The van der Waals surface area contributed by atoms with Gasteiger partial charge in [0.2, 0.25) is 5.91 Å². The van der Waals surface area contributed by atoms with Crippen molar-refractivity contribution in [2.24, 2.45) is 0 Å². The Bertz CT molecular complexity index is 792. The second-order valence-electron chi connectivity index (χ2n) is 5.78.